The molecule has 1 heterocycles. The molecule has 4 rings (SSSR count). The summed E-state index contributed by atoms with van der Waals surface area (Å²) in [6.07, 6.45) is 0.547. The third kappa shape index (κ3) is 4.71. The Bertz CT molecular complexity index is 1250. The van der Waals surface area contributed by atoms with E-state index in [0.29, 0.717) is 34.8 Å². The van der Waals surface area contributed by atoms with Gasteiger partial charge in [-0.2, -0.15) is 0 Å². The van der Waals surface area contributed by atoms with Gasteiger partial charge in [-0.1, -0.05) is 30.3 Å². The van der Waals surface area contributed by atoms with Crippen LogP contribution in [-0.2, 0) is 16.0 Å². The fourth-order valence-corrected chi connectivity index (χ4v) is 4.28. The summed E-state index contributed by atoms with van der Waals surface area (Å²) in [7, 11) is 4.60. The molecule has 1 aliphatic heterocycles. The van der Waals surface area contributed by atoms with E-state index < -0.39 is 17.7 Å². The van der Waals surface area contributed by atoms with Crippen molar-refractivity contribution in [2.24, 2.45) is 0 Å². The highest BCUT2D eigenvalue weighted by Crippen LogP contribution is 2.43. The van der Waals surface area contributed by atoms with Crippen LogP contribution in [0.3, 0.4) is 0 Å². The number of rotatable bonds is 8. The molecule has 0 spiro atoms. The second kappa shape index (κ2) is 10.3. The number of amides is 1. The Morgan fingerprint density at radius 2 is 1.51 bits per heavy atom. The number of hydrogen-bond donors (Lipinski definition) is 1. The van der Waals surface area contributed by atoms with Crippen molar-refractivity contribution in [2.75, 3.05) is 27.9 Å². The molecular formula is C28H27NO6. The van der Waals surface area contributed by atoms with Crippen molar-refractivity contribution in [3.8, 4) is 17.2 Å². The number of aliphatic hydroxyl groups is 1. The van der Waals surface area contributed by atoms with E-state index in [0.717, 1.165) is 5.56 Å². The van der Waals surface area contributed by atoms with E-state index in [1.165, 1.54) is 12.0 Å². The lowest BCUT2D eigenvalue weighted by Crippen LogP contribution is -2.31. The zero-order valence-corrected chi connectivity index (χ0v) is 19.9. The molecule has 3 aromatic carbocycles. The molecule has 0 aliphatic carbocycles. The summed E-state index contributed by atoms with van der Waals surface area (Å²) in [6.45, 7) is 0.286. The van der Waals surface area contributed by atoms with E-state index >= 15 is 0 Å². The molecule has 0 saturated carbocycles. The van der Waals surface area contributed by atoms with Gasteiger partial charge in [0.15, 0.2) is 0 Å². The minimum atomic E-state index is -0.832. The quantitative estimate of drug-likeness (QED) is 0.297. The molecular weight excluding hydrogens is 446 g/mol. The molecule has 7 heteroatoms. The first-order valence-corrected chi connectivity index (χ1v) is 11.2. The van der Waals surface area contributed by atoms with Gasteiger partial charge in [0.25, 0.3) is 11.7 Å². The van der Waals surface area contributed by atoms with Gasteiger partial charge in [0.05, 0.1) is 32.9 Å². The minimum Gasteiger partial charge on any atom is -0.507 e. The topological polar surface area (TPSA) is 85.3 Å². The maximum Gasteiger partial charge on any atom is 0.295 e. The van der Waals surface area contributed by atoms with E-state index in [1.54, 1.807) is 56.7 Å². The third-order valence-corrected chi connectivity index (χ3v) is 6.12. The first kappa shape index (κ1) is 23.9. The van der Waals surface area contributed by atoms with E-state index in [2.05, 4.69) is 0 Å². The van der Waals surface area contributed by atoms with Crippen LogP contribution in [0.5, 0.6) is 17.2 Å². The van der Waals surface area contributed by atoms with Crippen molar-refractivity contribution < 1.29 is 28.9 Å². The van der Waals surface area contributed by atoms with Crippen LogP contribution < -0.4 is 14.2 Å². The van der Waals surface area contributed by atoms with E-state index in [4.69, 9.17) is 14.2 Å². The third-order valence-electron chi connectivity index (χ3n) is 6.12. The predicted octanol–water partition coefficient (Wildman–Crippen LogP) is 4.38. The van der Waals surface area contributed by atoms with Crippen molar-refractivity contribution in [1.29, 1.82) is 0 Å². The molecule has 0 unspecified atom stereocenters. The zero-order valence-electron chi connectivity index (χ0n) is 19.9. The van der Waals surface area contributed by atoms with Crippen LogP contribution >= 0.6 is 0 Å². The number of ether oxygens (including phenoxy) is 3. The van der Waals surface area contributed by atoms with Gasteiger partial charge in [0.2, 0.25) is 0 Å². The summed E-state index contributed by atoms with van der Waals surface area (Å²) in [5.41, 5.74) is 2.03. The highest BCUT2D eigenvalue weighted by atomic mass is 16.5. The standard InChI is InChI=1S/C28H27NO6/c1-33-20-11-9-19(10-12-20)26(30)24-25(22-14-13-21(34-2)17-23(22)35-3)29(28(32)27(24)31)16-15-18-7-5-4-6-8-18/h4-14,17,25,30H,15-16H2,1-3H3/t25-/m1/s1. The molecule has 3 aromatic rings. The smallest absolute Gasteiger partial charge is 0.295 e. The number of benzene rings is 3. The number of methoxy groups -OCH3 is 3. The Morgan fingerprint density at radius 3 is 2.14 bits per heavy atom. The van der Waals surface area contributed by atoms with Crippen LogP contribution in [0.15, 0.2) is 78.4 Å². The van der Waals surface area contributed by atoms with Crippen LogP contribution in [0.1, 0.15) is 22.7 Å². The molecule has 1 fully saturated rings. The molecule has 1 atom stereocenters. The summed E-state index contributed by atoms with van der Waals surface area (Å²) in [5, 5.41) is 11.2. The average molecular weight is 474 g/mol. The van der Waals surface area contributed by atoms with E-state index in [1.807, 2.05) is 30.3 Å². The molecule has 0 aromatic heterocycles. The highest BCUT2D eigenvalue weighted by Gasteiger charge is 2.46. The van der Waals surface area contributed by atoms with Crippen molar-refractivity contribution in [3.05, 3.63) is 95.1 Å². The Hall–Kier alpha value is -4.26. The highest BCUT2D eigenvalue weighted by molar-refractivity contribution is 6.46. The van der Waals surface area contributed by atoms with Crippen LogP contribution in [0.4, 0.5) is 0 Å². The SMILES string of the molecule is COc1ccc(C(O)=C2C(=O)C(=O)N(CCc3ccccc3)[C@@H]2c2ccc(OC)cc2OC)cc1. The number of Topliss-reactive ketones (excluding diaryl/α,β-unsaturated/α-hetero) is 1. The molecule has 1 N–H and O–H groups in total. The van der Waals surface area contributed by atoms with Crippen LogP contribution in [-0.4, -0.2) is 49.6 Å². The number of carbonyl (C=O) groups excluding carboxylic acids is 2. The van der Waals surface area contributed by atoms with Crippen molar-refractivity contribution in [3.63, 3.8) is 0 Å². The number of hydrogen-bond acceptors (Lipinski definition) is 6. The van der Waals surface area contributed by atoms with Crippen LogP contribution in [0, 0.1) is 0 Å². The summed E-state index contributed by atoms with van der Waals surface area (Å²) in [6, 6.07) is 20.7. The van der Waals surface area contributed by atoms with Gasteiger partial charge in [0, 0.05) is 23.7 Å². The lowest BCUT2D eigenvalue weighted by Gasteiger charge is -2.27. The minimum absolute atomic E-state index is 0.0108. The average Bonchev–Trinajstić information content (AvgIpc) is 3.16. The monoisotopic (exact) mass is 473 g/mol. The Balaban J connectivity index is 1.83. The normalized spacial score (nSPS) is 16.9. The number of nitrogens with zero attached hydrogens (tertiary/aromatic N) is 1. The van der Waals surface area contributed by atoms with Gasteiger partial charge < -0.3 is 24.2 Å². The number of ketones is 1. The summed E-state index contributed by atoms with van der Waals surface area (Å²) >= 11 is 0. The van der Waals surface area contributed by atoms with Gasteiger partial charge in [-0.15, -0.1) is 0 Å². The van der Waals surface area contributed by atoms with E-state index in [9.17, 15) is 14.7 Å². The first-order chi connectivity index (χ1) is 17.0. The van der Waals surface area contributed by atoms with Gasteiger partial charge in [-0.05, 0) is 48.4 Å². The molecule has 1 amide bonds. The Kier molecular flexibility index (Phi) is 7.06. The number of aliphatic hydroxyl groups excluding tert-OH is 1. The number of likely N-dealkylation sites (tertiary alicyclic amines) is 1. The zero-order chi connectivity index (χ0) is 24.9. The molecule has 35 heavy (non-hydrogen) atoms. The first-order valence-electron chi connectivity index (χ1n) is 11.2. The fourth-order valence-electron chi connectivity index (χ4n) is 4.28. The lowest BCUT2D eigenvalue weighted by molar-refractivity contribution is -0.139. The van der Waals surface area contributed by atoms with Gasteiger partial charge in [-0.25, -0.2) is 0 Å². The largest absolute Gasteiger partial charge is 0.507 e. The van der Waals surface area contributed by atoms with Crippen LogP contribution in [0.25, 0.3) is 5.76 Å². The molecule has 0 bridgehead atoms. The van der Waals surface area contributed by atoms with Crippen molar-refractivity contribution >= 4 is 17.4 Å². The summed E-state index contributed by atoms with van der Waals surface area (Å²) in [5.74, 6) is -0.0361. The Labute approximate surface area is 204 Å². The predicted molar refractivity (Wildman–Crippen MR) is 132 cm³/mol. The molecule has 180 valence electrons. The maximum atomic E-state index is 13.3. The number of carbonyl (C=O) groups is 2. The van der Waals surface area contributed by atoms with Crippen LogP contribution in [0.2, 0.25) is 0 Å². The second-order valence-corrected chi connectivity index (χ2v) is 8.06. The fraction of sp³-hybridized carbons (Fsp3) is 0.214. The maximum absolute atomic E-state index is 13.3. The second-order valence-electron chi connectivity index (χ2n) is 8.06. The molecule has 0 radical (unpaired) electrons. The van der Waals surface area contributed by atoms with E-state index in [-0.39, 0.29) is 17.9 Å². The lowest BCUT2D eigenvalue weighted by atomic mass is 9.94. The van der Waals surface area contributed by atoms with Gasteiger partial charge in [-0.3, -0.25) is 9.59 Å². The van der Waals surface area contributed by atoms with Crippen molar-refractivity contribution in [1.82, 2.24) is 4.90 Å². The van der Waals surface area contributed by atoms with Gasteiger partial charge >= 0.3 is 0 Å². The molecule has 7 nitrogen and oxygen atoms in total. The molecule has 1 saturated heterocycles. The Morgan fingerprint density at radius 1 is 0.857 bits per heavy atom. The van der Waals surface area contributed by atoms with Gasteiger partial charge in [0.1, 0.15) is 23.0 Å². The summed E-state index contributed by atoms with van der Waals surface area (Å²) in [4.78, 5) is 28.0. The van der Waals surface area contributed by atoms with Crippen molar-refractivity contribution in [2.45, 2.75) is 12.5 Å². The molecule has 1 aliphatic rings. The summed E-state index contributed by atoms with van der Waals surface area (Å²) < 4.78 is 16.1.